The molecule has 0 bridgehead atoms. The van der Waals surface area contributed by atoms with Gasteiger partial charge in [0.25, 0.3) is 0 Å². The van der Waals surface area contributed by atoms with Crippen molar-refractivity contribution in [3.63, 3.8) is 0 Å². The van der Waals surface area contributed by atoms with Gasteiger partial charge in [-0.2, -0.15) is 0 Å². The molecule has 0 N–H and O–H groups in total. The van der Waals surface area contributed by atoms with Gasteiger partial charge in [0.2, 0.25) is 0 Å². The minimum atomic E-state index is 0.697. The summed E-state index contributed by atoms with van der Waals surface area (Å²) >= 11 is 0. The van der Waals surface area contributed by atoms with Gasteiger partial charge >= 0.3 is 0 Å². The minimum absolute atomic E-state index is 0.697. The maximum absolute atomic E-state index is 2.50. The Labute approximate surface area is 131 Å². The normalized spacial score (nSPS) is 22.8. The van der Waals surface area contributed by atoms with Crippen molar-refractivity contribution in [3.05, 3.63) is 35.4 Å². The Balaban J connectivity index is 1.57. The van der Waals surface area contributed by atoms with Crippen molar-refractivity contribution in [2.24, 2.45) is 23.2 Å². The highest BCUT2D eigenvalue weighted by Crippen LogP contribution is 2.57. The van der Waals surface area contributed by atoms with E-state index >= 15 is 0 Å². The molecule has 0 heteroatoms. The topological polar surface area (TPSA) is 0 Å². The van der Waals surface area contributed by atoms with Gasteiger partial charge in [0.1, 0.15) is 0 Å². The molecule has 2 fully saturated rings. The fourth-order valence-corrected chi connectivity index (χ4v) is 4.13. The van der Waals surface area contributed by atoms with Crippen LogP contribution >= 0.6 is 0 Å². The largest absolute Gasteiger partial charge is 0.0648 e. The molecule has 0 heterocycles. The molecule has 0 amide bonds. The maximum atomic E-state index is 2.50. The van der Waals surface area contributed by atoms with Crippen LogP contribution in [-0.4, -0.2) is 0 Å². The zero-order valence-corrected chi connectivity index (χ0v) is 14.2. The molecule has 0 radical (unpaired) electrons. The number of benzene rings is 1. The lowest BCUT2D eigenvalue weighted by molar-refractivity contribution is 0.231. The van der Waals surface area contributed by atoms with E-state index in [-0.39, 0.29) is 0 Å². The van der Waals surface area contributed by atoms with Crippen molar-refractivity contribution in [1.82, 2.24) is 0 Å². The van der Waals surface area contributed by atoms with Gasteiger partial charge in [0.15, 0.2) is 0 Å². The zero-order valence-electron chi connectivity index (χ0n) is 14.2. The highest BCUT2D eigenvalue weighted by Gasteiger charge is 2.46. The molecular weight excluding hydrogens is 252 g/mol. The third-order valence-corrected chi connectivity index (χ3v) is 6.50. The van der Waals surface area contributed by atoms with E-state index in [0.717, 1.165) is 17.8 Å². The molecule has 0 nitrogen and oxygen atoms in total. The average molecular weight is 284 g/mol. The van der Waals surface area contributed by atoms with Crippen molar-refractivity contribution in [2.75, 3.05) is 0 Å². The molecular formula is C21H32. The smallest absolute Gasteiger partial charge is 0.0250 e. The van der Waals surface area contributed by atoms with Crippen molar-refractivity contribution >= 4 is 0 Å². The molecule has 2 aliphatic rings. The van der Waals surface area contributed by atoms with Gasteiger partial charge in [0.05, 0.1) is 0 Å². The summed E-state index contributed by atoms with van der Waals surface area (Å²) in [5, 5.41) is 0. The summed E-state index contributed by atoms with van der Waals surface area (Å²) in [4.78, 5) is 0. The van der Waals surface area contributed by atoms with Crippen LogP contribution in [0.4, 0.5) is 0 Å². The second kappa shape index (κ2) is 6.15. The van der Waals surface area contributed by atoms with E-state index in [2.05, 4.69) is 45.0 Å². The predicted molar refractivity (Wildman–Crippen MR) is 91.5 cm³/mol. The summed E-state index contributed by atoms with van der Waals surface area (Å²) in [6.45, 7) is 7.35. The summed E-state index contributed by atoms with van der Waals surface area (Å²) in [5.74, 6) is 2.73. The fraction of sp³-hybridized carbons (Fsp3) is 0.714. The second-order valence-corrected chi connectivity index (χ2v) is 7.99. The van der Waals surface area contributed by atoms with Gasteiger partial charge in [-0.3, -0.25) is 0 Å². The summed E-state index contributed by atoms with van der Waals surface area (Å²) < 4.78 is 0. The van der Waals surface area contributed by atoms with Crippen LogP contribution in [0.2, 0.25) is 0 Å². The zero-order chi connectivity index (χ0) is 14.9. The van der Waals surface area contributed by atoms with Crippen LogP contribution < -0.4 is 0 Å². The Kier molecular flexibility index (Phi) is 4.43. The highest BCUT2D eigenvalue weighted by atomic mass is 14.5. The first-order valence-electron chi connectivity index (χ1n) is 9.21. The third kappa shape index (κ3) is 3.71. The number of hydrogen-bond acceptors (Lipinski definition) is 0. The van der Waals surface area contributed by atoms with E-state index < -0.39 is 0 Å². The van der Waals surface area contributed by atoms with E-state index in [1.54, 1.807) is 11.1 Å². The molecule has 0 saturated heterocycles. The van der Waals surface area contributed by atoms with E-state index in [9.17, 15) is 0 Å². The van der Waals surface area contributed by atoms with Gasteiger partial charge in [0, 0.05) is 0 Å². The summed E-state index contributed by atoms with van der Waals surface area (Å²) in [6, 6.07) is 9.43. The second-order valence-electron chi connectivity index (χ2n) is 7.99. The SMILES string of the molecule is CCC1(C(C)C(C)Cc2cccc(CCC3CC3)c2)CC1. The van der Waals surface area contributed by atoms with Gasteiger partial charge in [-0.25, -0.2) is 0 Å². The van der Waals surface area contributed by atoms with E-state index in [4.69, 9.17) is 0 Å². The van der Waals surface area contributed by atoms with E-state index in [1.807, 2.05) is 0 Å². The number of rotatable bonds is 8. The fourth-order valence-electron chi connectivity index (χ4n) is 4.13. The first kappa shape index (κ1) is 15.1. The Hall–Kier alpha value is -0.780. The van der Waals surface area contributed by atoms with E-state index in [1.165, 1.54) is 51.4 Å². The van der Waals surface area contributed by atoms with Crippen LogP contribution in [0.15, 0.2) is 24.3 Å². The molecule has 2 saturated carbocycles. The molecule has 3 rings (SSSR count). The molecule has 1 aromatic rings. The summed E-state index contributed by atoms with van der Waals surface area (Å²) in [7, 11) is 0. The van der Waals surface area contributed by atoms with Crippen LogP contribution in [0.25, 0.3) is 0 Å². The first-order chi connectivity index (χ1) is 10.1. The third-order valence-electron chi connectivity index (χ3n) is 6.50. The molecule has 0 aliphatic heterocycles. The van der Waals surface area contributed by atoms with Crippen molar-refractivity contribution in [3.8, 4) is 0 Å². The molecule has 116 valence electrons. The predicted octanol–water partition coefficient (Wildman–Crippen LogP) is 6.03. The number of aryl methyl sites for hydroxylation is 1. The van der Waals surface area contributed by atoms with Gasteiger partial charge in [-0.05, 0) is 66.4 Å². The molecule has 0 spiro atoms. The molecule has 21 heavy (non-hydrogen) atoms. The van der Waals surface area contributed by atoms with Crippen molar-refractivity contribution < 1.29 is 0 Å². The Morgan fingerprint density at radius 3 is 2.48 bits per heavy atom. The summed E-state index contributed by atoms with van der Waals surface area (Å²) in [6.07, 6.45) is 11.2. The van der Waals surface area contributed by atoms with Crippen LogP contribution in [0, 0.1) is 23.2 Å². The molecule has 2 unspecified atom stereocenters. The Bertz CT molecular complexity index is 465. The molecule has 2 aliphatic carbocycles. The average Bonchev–Trinajstić information content (AvgIpc) is 3.39. The van der Waals surface area contributed by atoms with Crippen molar-refractivity contribution in [1.29, 1.82) is 0 Å². The molecule has 1 aromatic carbocycles. The van der Waals surface area contributed by atoms with Crippen LogP contribution in [0.3, 0.4) is 0 Å². The lowest BCUT2D eigenvalue weighted by Crippen LogP contribution is -2.21. The van der Waals surface area contributed by atoms with Crippen molar-refractivity contribution in [2.45, 2.75) is 72.1 Å². The lowest BCUT2D eigenvalue weighted by atomic mass is 9.77. The number of hydrogen-bond donors (Lipinski definition) is 0. The van der Waals surface area contributed by atoms with Crippen LogP contribution in [-0.2, 0) is 12.8 Å². The maximum Gasteiger partial charge on any atom is -0.0250 e. The Morgan fingerprint density at radius 2 is 1.86 bits per heavy atom. The highest BCUT2D eigenvalue weighted by molar-refractivity contribution is 5.24. The molecule has 0 aromatic heterocycles. The van der Waals surface area contributed by atoms with Gasteiger partial charge in [-0.1, -0.05) is 64.3 Å². The van der Waals surface area contributed by atoms with Gasteiger partial charge in [-0.15, -0.1) is 0 Å². The summed E-state index contributed by atoms with van der Waals surface area (Å²) in [5.41, 5.74) is 3.83. The first-order valence-corrected chi connectivity index (χ1v) is 9.21. The molecule has 2 atom stereocenters. The quantitative estimate of drug-likeness (QED) is 0.546. The van der Waals surface area contributed by atoms with Crippen LogP contribution in [0.1, 0.15) is 70.4 Å². The lowest BCUT2D eigenvalue weighted by Gasteiger charge is -2.28. The van der Waals surface area contributed by atoms with Crippen LogP contribution in [0.5, 0.6) is 0 Å². The standard InChI is InChI=1S/C21H32/c1-4-21(12-13-21)17(3)16(2)14-20-7-5-6-19(15-20)11-10-18-8-9-18/h5-7,15-18H,4,8-14H2,1-3H3. The van der Waals surface area contributed by atoms with E-state index in [0.29, 0.717) is 5.41 Å². The van der Waals surface area contributed by atoms with Gasteiger partial charge < -0.3 is 0 Å². The minimum Gasteiger partial charge on any atom is -0.0648 e. The monoisotopic (exact) mass is 284 g/mol. The Morgan fingerprint density at radius 1 is 1.14 bits per heavy atom.